The average molecular weight is 371 g/mol. The minimum atomic E-state index is -3.86. The molecule has 1 aliphatic heterocycles. The standard InChI is InChI=1S/C16H25N3O5S/c1-23-13-6-3-7-14(24-2)15(13)25(21,22)19-10-4-5-12(11-19)16(20)18-9-8-17/h3,6-7,12H,4-5,8-11,17H2,1-2H3,(H,18,20). The third kappa shape index (κ3) is 4.23. The number of methoxy groups -OCH3 is 2. The van der Waals surface area contributed by atoms with Crippen molar-refractivity contribution in [1.82, 2.24) is 9.62 Å². The quantitative estimate of drug-likeness (QED) is 0.707. The van der Waals surface area contributed by atoms with Gasteiger partial charge in [0, 0.05) is 26.2 Å². The molecule has 0 aromatic heterocycles. The number of piperidine rings is 1. The Balaban J connectivity index is 2.29. The summed E-state index contributed by atoms with van der Waals surface area (Å²) in [7, 11) is -1.04. The SMILES string of the molecule is COc1cccc(OC)c1S(=O)(=O)N1CCCC(C(=O)NCCN)C1. The summed E-state index contributed by atoms with van der Waals surface area (Å²) in [6.07, 6.45) is 1.25. The zero-order valence-electron chi connectivity index (χ0n) is 14.5. The van der Waals surface area contributed by atoms with Crippen LogP contribution in [0.3, 0.4) is 0 Å². The Morgan fingerprint density at radius 3 is 2.52 bits per heavy atom. The molecule has 1 amide bonds. The Bertz CT molecular complexity index is 685. The van der Waals surface area contributed by atoms with Crippen LogP contribution in [0.5, 0.6) is 11.5 Å². The van der Waals surface area contributed by atoms with Gasteiger partial charge in [-0.3, -0.25) is 4.79 Å². The maximum absolute atomic E-state index is 13.1. The molecule has 1 heterocycles. The number of sulfonamides is 1. The lowest BCUT2D eigenvalue weighted by Crippen LogP contribution is -2.46. The molecule has 3 N–H and O–H groups in total. The normalized spacial score (nSPS) is 18.6. The van der Waals surface area contributed by atoms with E-state index in [9.17, 15) is 13.2 Å². The van der Waals surface area contributed by atoms with Crippen molar-refractivity contribution in [2.45, 2.75) is 17.7 Å². The Labute approximate surface area is 148 Å². The molecule has 0 spiro atoms. The molecule has 25 heavy (non-hydrogen) atoms. The fraction of sp³-hybridized carbons (Fsp3) is 0.562. The van der Waals surface area contributed by atoms with Gasteiger partial charge in [-0.05, 0) is 25.0 Å². The van der Waals surface area contributed by atoms with Crippen LogP contribution in [0.15, 0.2) is 23.1 Å². The number of benzene rings is 1. The number of nitrogens with one attached hydrogen (secondary N) is 1. The zero-order valence-corrected chi connectivity index (χ0v) is 15.3. The zero-order chi connectivity index (χ0) is 18.4. The van der Waals surface area contributed by atoms with Crippen LogP contribution in [0.25, 0.3) is 0 Å². The summed E-state index contributed by atoms with van der Waals surface area (Å²) in [6, 6.07) is 4.81. The Kier molecular flexibility index (Phi) is 6.63. The first-order valence-corrected chi connectivity index (χ1v) is 9.58. The van der Waals surface area contributed by atoms with Crippen LogP contribution < -0.4 is 20.5 Å². The van der Waals surface area contributed by atoms with Crippen molar-refractivity contribution in [3.63, 3.8) is 0 Å². The molecule has 1 unspecified atom stereocenters. The van der Waals surface area contributed by atoms with E-state index in [4.69, 9.17) is 15.2 Å². The van der Waals surface area contributed by atoms with E-state index in [1.54, 1.807) is 18.2 Å². The minimum absolute atomic E-state index is 0.0111. The van der Waals surface area contributed by atoms with Gasteiger partial charge in [-0.15, -0.1) is 0 Å². The van der Waals surface area contributed by atoms with E-state index in [2.05, 4.69) is 5.32 Å². The monoisotopic (exact) mass is 371 g/mol. The van der Waals surface area contributed by atoms with Gasteiger partial charge in [-0.1, -0.05) is 6.07 Å². The highest BCUT2D eigenvalue weighted by Crippen LogP contribution is 2.36. The molecule has 9 heteroatoms. The Hall–Kier alpha value is -1.84. The molecule has 8 nitrogen and oxygen atoms in total. The Morgan fingerprint density at radius 2 is 1.96 bits per heavy atom. The van der Waals surface area contributed by atoms with Crippen LogP contribution >= 0.6 is 0 Å². The Morgan fingerprint density at radius 1 is 1.32 bits per heavy atom. The van der Waals surface area contributed by atoms with Gasteiger partial charge in [-0.2, -0.15) is 4.31 Å². The molecule has 1 aromatic carbocycles. The third-order valence-corrected chi connectivity index (χ3v) is 6.11. The number of carbonyl (C=O) groups is 1. The summed E-state index contributed by atoms with van der Waals surface area (Å²) >= 11 is 0. The smallest absolute Gasteiger partial charge is 0.250 e. The summed E-state index contributed by atoms with van der Waals surface area (Å²) < 4.78 is 38.0. The molecule has 0 saturated carbocycles. The van der Waals surface area contributed by atoms with E-state index in [1.807, 2.05) is 0 Å². The minimum Gasteiger partial charge on any atom is -0.495 e. The van der Waals surface area contributed by atoms with Crippen molar-refractivity contribution in [2.24, 2.45) is 11.7 Å². The lowest BCUT2D eigenvalue weighted by atomic mass is 9.99. The lowest BCUT2D eigenvalue weighted by molar-refractivity contribution is -0.126. The molecular formula is C16H25N3O5S. The van der Waals surface area contributed by atoms with Gasteiger partial charge in [-0.25, -0.2) is 8.42 Å². The predicted octanol–water partition coefficient (Wildman–Crippen LogP) is 0.179. The fourth-order valence-electron chi connectivity index (χ4n) is 2.91. The van der Waals surface area contributed by atoms with Crippen LogP contribution in [-0.2, 0) is 14.8 Å². The summed E-state index contributed by atoms with van der Waals surface area (Å²) in [5.74, 6) is -0.128. The van der Waals surface area contributed by atoms with E-state index < -0.39 is 15.9 Å². The van der Waals surface area contributed by atoms with Crippen LogP contribution in [0.2, 0.25) is 0 Å². The summed E-state index contributed by atoms with van der Waals surface area (Å²) in [4.78, 5) is 12.2. The highest BCUT2D eigenvalue weighted by atomic mass is 32.2. The summed E-state index contributed by atoms with van der Waals surface area (Å²) in [5, 5.41) is 2.72. The molecular weight excluding hydrogens is 346 g/mol. The van der Waals surface area contributed by atoms with Gasteiger partial charge in [0.1, 0.15) is 11.5 Å². The number of nitrogens with zero attached hydrogens (tertiary/aromatic N) is 1. The van der Waals surface area contributed by atoms with Crippen molar-refractivity contribution in [1.29, 1.82) is 0 Å². The second-order valence-corrected chi connectivity index (χ2v) is 7.65. The molecule has 0 aliphatic carbocycles. The first-order valence-electron chi connectivity index (χ1n) is 8.14. The van der Waals surface area contributed by atoms with Gasteiger partial charge >= 0.3 is 0 Å². The van der Waals surface area contributed by atoms with Crippen LogP contribution in [0.1, 0.15) is 12.8 Å². The maximum atomic E-state index is 13.1. The molecule has 1 fully saturated rings. The van der Waals surface area contributed by atoms with E-state index in [1.165, 1.54) is 18.5 Å². The first-order chi connectivity index (χ1) is 12.0. The number of nitrogens with two attached hydrogens (primary N) is 1. The van der Waals surface area contributed by atoms with Crippen LogP contribution in [0, 0.1) is 5.92 Å². The maximum Gasteiger partial charge on any atom is 0.250 e. The molecule has 0 radical (unpaired) electrons. The van der Waals surface area contributed by atoms with Crippen molar-refractivity contribution in [3.8, 4) is 11.5 Å². The van der Waals surface area contributed by atoms with E-state index in [-0.39, 0.29) is 28.8 Å². The molecule has 2 rings (SSSR count). The third-order valence-electron chi connectivity index (χ3n) is 4.18. The molecule has 1 aromatic rings. The van der Waals surface area contributed by atoms with E-state index in [0.717, 1.165) is 0 Å². The van der Waals surface area contributed by atoms with Gasteiger partial charge in [0.25, 0.3) is 10.0 Å². The number of hydrogen-bond donors (Lipinski definition) is 2. The molecule has 1 atom stereocenters. The number of hydrogen-bond acceptors (Lipinski definition) is 6. The lowest BCUT2D eigenvalue weighted by Gasteiger charge is -2.31. The number of amides is 1. The molecule has 0 bridgehead atoms. The molecule has 1 saturated heterocycles. The second kappa shape index (κ2) is 8.50. The highest BCUT2D eigenvalue weighted by Gasteiger charge is 2.36. The van der Waals surface area contributed by atoms with E-state index >= 15 is 0 Å². The van der Waals surface area contributed by atoms with Crippen molar-refractivity contribution < 1.29 is 22.7 Å². The molecule has 1 aliphatic rings. The van der Waals surface area contributed by atoms with Gasteiger partial charge < -0.3 is 20.5 Å². The van der Waals surface area contributed by atoms with Gasteiger partial charge in [0.15, 0.2) is 4.90 Å². The second-order valence-electron chi connectivity index (χ2n) is 5.77. The van der Waals surface area contributed by atoms with Crippen LogP contribution in [-0.4, -0.2) is 59.0 Å². The van der Waals surface area contributed by atoms with Crippen molar-refractivity contribution >= 4 is 15.9 Å². The summed E-state index contributed by atoms with van der Waals surface area (Å²) in [6.45, 7) is 1.20. The van der Waals surface area contributed by atoms with E-state index in [0.29, 0.717) is 32.5 Å². The van der Waals surface area contributed by atoms with Crippen LogP contribution in [0.4, 0.5) is 0 Å². The van der Waals surface area contributed by atoms with Crippen molar-refractivity contribution in [3.05, 3.63) is 18.2 Å². The topological polar surface area (TPSA) is 111 Å². The highest BCUT2D eigenvalue weighted by molar-refractivity contribution is 7.89. The molecule has 140 valence electrons. The first kappa shape index (κ1) is 19.5. The average Bonchev–Trinajstić information content (AvgIpc) is 2.65. The number of rotatable bonds is 7. The number of ether oxygens (including phenoxy) is 2. The van der Waals surface area contributed by atoms with Gasteiger partial charge in [0.2, 0.25) is 5.91 Å². The van der Waals surface area contributed by atoms with Gasteiger partial charge in [0.05, 0.1) is 20.1 Å². The van der Waals surface area contributed by atoms with Crippen molar-refractivity contribution in [2.75, 3.05) is 40.4 Å². The fourth-order valence-corrected chi connectivity index (χ4v) is 4.73. The summed E-state index contributed by atoms with van der Waals surface area (Å²) in [5.41, 5.74) is 5.39. The largest absolute Gasteiger partial charge is 0.495 e. The predicted molar refractivity (Wildman–Crippen MR) is 93.1 cm³/mol. The number of carbonyl (C=O) groups excluding carboxylic acids is 1.